The number of rotatable bonds is 8. The van der Waals surface area contributed by atoms with Gasteiger partial charge in [-0.25, -0.2) is 4.99 Å². The predicted octanol–water partition coefficient (Wildman–Crippen LogP) is 2.81. The maximum absolute atomic E-state index is 5.38. The molecule has 0 saturated carbocycles. The highest BCUT2D eigenvalue weighted by Crippen LogP contribution is 2.38. The van der Waals surface area contributed by atoms with E-state index < -0.39 is 0 Å². The average molecular weight is 337 g/mol. The minimum absolute atomic E-state index is 0.336. The van der Waals surface area contributed by atoms with Crippen molar-refractivity contribution in [1.82, 2.24) is 10.6 Å². The first-order valence-electron chi connectivity index (χ1n) is 8.30. The molecule has 0 spiro atoms. The van der Waals surface area contributed by atoms with Crippen LogP contribution in [-0.4, -0.2) is 39.9 Å². The maximum atomic E-state index is 5.38. The molecule has 6 heteroatoms. The molecule has 0 amide bonds. The van der Waals surface area contributed by atoms with Gasteiger partial charge in [0, 0.05) is 12.6 Å². The van der Waals surface area contributed by atoms with Crippen molar-refractivity contribution >= 4 is 5.96 Å². The number of hydrogen-bond donors (Lipinski definition) is 2. The number of nitrogens with zero attached hydrogens (tertiary/aromatic N) is 1. The first-order chi connectivity index (χ1) is 11.5. The molecule has 0 radical (unpaired) electrons. The minimum Gasteiger partial charge on any atom is -0.493 e. The Bertz CT molecular complexity index is 519. The zero-order valence-corrected chi connectivity index (χ0v) is 15.9. The van der Waals surface area contributed by atoms with E-state index in [0.717, 1.165) is 18.1 Å². The summed E-state index contributed by atoms with van der Waals surface area (Å²) < 4.78 is 16.1. The van der Waals surface area contributed by atoms with Crippen molar-refractivity contribution in [2.45, 2.75) is 40.3 Å². The molecular formula is C18H31N3O3. The van der Waals surface area contributed by atoms with Gasteiger partial charge in [0.1, 0.15) is 0 Å². The maximum Gasteiger partial charge on any atom is 0.203 e. The van der Waals surface area contributed by atoms with Crippen LogP contribution in [0.4, 0.5) is 0 Å². The van der Waals surface area contributed by atoms with Crippen LogP contribution in [0.5, 0.6) is 17.2 Å². The van der Waals surface area contributed by atoms with Crippen molar-refractivity contribution in [2.75, 3.05) is 27.9 Å². The zero-order chi connectivity index (χ0) is 18.1. The highest BCUT2D eigenvalue weighted by Gasteiger charge is 2.13. The molecule has 24 heavy (non-hydrogen) atoms. The third kappa shape index (κ3) is 5.51. The van der Waals surface area contributed by atoms with E-state index in [9.17, 15) is 0 Å². The van der Waals surface area contributed by atoms with Gasteiger partial charge in [0.2, 0.25) is 5.75 Å². The highest BCUT2D eigenvalue weighted by atomic mass is 16.5. The van der Waals surface area contributed by atoms with E-state index in [1.165, 1.54) is 0 Å². The summed E-state index contributed by atoms with van der Waals surface area (Å²) in [6, 6.07) is 4.17. The van der Waals surface area contributed by atoms with Crippen molar-refractivity contribution in [3.05, 3.63) is 17.7 Å². The predicted molar refractivity (Wildman–Crippen MR) is 98.3 cm³/mol. The van der Waals surface area contributed by atoms with Crippen molar-refractivity contribution in [3.63, 3.8) is 0 Å². The number of benzene rings is 1. The Morgan fingerprint density at radius 1 is 1.04 bits per heavy atom. The summed E-state index contributed by atoms with van der Waals surface area (Å²) in [5, 5.41) is 6.69. The van der Waals surface area contributed by atoms with E-state index in [4.69, 9.17) is 14.2 Å². The van der Waals surface area contributed by atoms with Crippen molar-refractivity contribution in [1.29, 1.82) is 0 Å². The second kappa shape index (κ2) is 9.90. The monoisotopic (exact) mass is 337 g/mol. The Morgan fingerprint density at radius 2 is 1.62 bits per heavy atom. The molecular weight excluding hydrogens is 306 g/mol. The summed E-state index contributed by atoms with van der Waals surface area (Å²) in [6.45, 7) is 9.89. The number of ether oxygens (including phenoxy) is 3. The Morgan fingerprint density at radius 3 is 2.04 bits per heavy atom. The summed E-state index contributed by atoms with van der Waals surface area (Å²) in [5.74, 6) is 3.18. The van der Waals surface area contributed by atoms with Gasteiger partial charge in [0.15, 0.2) is 17.5 Å². The van der Waals surface area contributed by atoms with Crippen molar-refractivity contribution in [2.24, 2.45) is 10.9 Å². The van der Waals surface area contributed by atoms with E-state index in [0.29, 0.717) is 35.8 Å². The molecule has 0 aromatic heterocycles. The third-order valence-electron chi connectivity index (χ3n) is 3.85. The first-order valence-corrected chi connectivity index (χ1v) is 8.30. The fraction of sp³-hybridized carbons (Fsp3) is 0.611. The Kier molecular flexibility index (Phi) is 8.22. The van der Waals surface area contributed by atoms with Gasteiger partial charge < -0.3 is 24.8 Å². The van der Waals surface area contributed by atoms with Gasteiger partial charge in [0.05, 0.1) is 27.9 Å². The molecule has 0 bridgehead atoms. The molecule has 1 unspecified atom stereocenters. The molecule has 1 aromatic rings. The summed E-state index contributed by atoms with van der Waals surface area (Å²) in [4.78, 5) is 4.65. The molecule has 2 N–H and O–H groups in total. The second-order valence-electron chi connectivity index (χ2n) is 5.91. The Labute approximate surface area is 145 Å². The van der Waals surface area contributed by atoms with Crippen LogP contribution >= 0.6 is 0 Å². The van der Waals surface area contributed by atoms with E-state index in [-0.39, 0.29) is 0 Å². The summed E-state index contributed by atoms with van der Waals surface area (Å²) >= 11 is 0. The third-order valence-corrected chi connectivity index (χ3v) is 3.85. The number of guanidine groups is 1. The quantitative estimate of drug-likeness (QED) is 0.564. The van der Waals surface area contributed by atoms with Crippen LogP contribution in [0.3, 0.4) is 0 Å². The molecule has 0 aliphatic carbocycles. The van der Waals surface area contributed by atoms with Gasteiger partial charge in [-0.1, -0.05) is 13.8 Å². The van der Waals surface area contributed by atoms with Crippen LogP contribution in [0.15, 0.2) is 17.1 Å². The Hall–Kier alpha value is -2.11. The molecule has 1 aromatic carbocycles. The molecule has 1 rings (SSSR count). The van der Waals surface area contributed by atoms with E-state index in [1.807, 2.05) is 12.1 Å². The summed E-state index contributed by atoms with van der Waals surface area (Å²) in [5.41, 5.74) is 0.985. The molecule has 0 saturated heterocycles. The molecule has 0 heterocycles. The van der Waals surface area contributed by atoms with Crippen LogP contribution in [0.2, 0.25) is 0 Å². The standard InChI is InChI=1S/C18H31N3O3/c1-8-19-18(21-13(4)12(2)3)20-11-14-9-15(22-5)17(24-7)16(10-14)23-6/h9-10,12-13H,8,11H2,1-7H3,(H2,19,20,21). The van der Waals surface area contributed by atoms with Gasteiger partial charge in [-0.2, -0.15) is 0 Å². The normalized spacial score (nSPS) is 12.8. The van der Waals surface area contributed by atoms with E-state index >= 15 is 0 Å². The Balaban J connectivity index is 3.00. The van der Waals surface area contributed by atoms with Crippen LogP contribution in [0.1, 0.15) is 33.3 Å². The molecule has 6 nitrogen and oxygen atoms in total. The zero-order valence-electron chi connectivity index (χ0n) is 15.9. The van der Waals surface area contributed by atoms with Gasteiger partial charge in [0.25, 0.3) is 0 Å². The number of nitrogens with one attached hydrogen (secondary N) is 2. The molecule has 0 aliphatic rings. The summed E-state index contributed by atoms with van der Waals surface area (Å²) in [6.07, 6.45) is 0. The van der Waals surface area contributed by atoms with Crippen LogP contribution in [0.25, 0.3) is 0 Å². The molecule has 0 fully saturated rings. The fourth-order valence-electron chi connectivity index (χ4n) is 2.10. The second-order valence-corrected chi connectivity index (χ2v) is 5.91. The lowest BCUT2D eigenvalue weighted by Crippen LogP contribution is -2.44. The largest absolute Gasteiger partial charge is 0.493 e. The molecule has 136 valence electrons. The number of hydrogen-bond acceptors (Lipinski definition) is 4. The lowest BCUT2D eigenvalue weighted by molar-refractivity contribution is 0.324. The fourth-order valence-corrected chi connectivity index (χ4v) is 2.10. The van der Waals surface area contributed by atoms with Gasteiger partial charge >= 0.3 is 0 Å². The average Bonchev–Trinajstić information content (AvgIpc) is 2.58. The van der Waals surface area contributed by atoms with Crippen LogP contribution in [0, 0.1) is 5.92 Å². The topological polar surface area (TPSA) is 64.1 Å². The highest BCUT2D eigenvalue weighted by molar-refractivity contribution is 5.80. The molecule has 1 atom stereocenters. The van der Waals surface area contributed by atoms with E-state index in [1.54, 1.807) is 21.3 Å². The summed E-state index contributed by atoms with van der Waals surface area (Å²) in [7, 11) is 4.82. The number of methoxy groups -OCH3 is 3. The lowest BCUT2D eigenvalue weighted by atomic mass is 10.1. The van der Waals surface area contributed by atoms with E-state index in [2.05, 4.69) is 43.3 Å². The van der Waals surface area contributed by atoms with Crippen LogP contribution in [-0.2, 0) is 6.54 Å². The van der Waals surface area contributed by atoms with Crippen LogP contribution < -0.4 is 24.8 Å². The molecule has 0 aliphatic heterocycles. The van der Waals surface area contributed by atoms with Gasteiger partial charge in [-0.05, 0) is 37.5 Å². The van der Waals surface area contributed by atoms with Crippen molar-refractivity contribution in [3.8, 4) is 17.2 Å². The van der Waals surface area contributed by atoms with Gasteiger partial charge in [-0.15, -0.1) is 0 Å². The smallest absolute Gasteiger partial charge is 0.203 e. The SMILES string of the molecule is CCNC(=NCc1cc(OC)c(OC)c(OC)c1)NC(C)C(C)C. The lowest BCUT2D eigenvalue weighted by Gasteiger charge is -2.20. The minimum atomic E-state index is 0.336. The number of aliphatic imine (C=N–C) groups is 1. The first kappa shape index (κ1) is 19.9. The van der Waals surface area contributed by atoms with Gasteiger partial charge in [-0.3, -0.25) is 0 Å². The van der Waals surface area contributed by atoms with Crippen molar-refractivity contribution < 1.29 is 14.2 Å².